The molecule has 2 N–H and O–H groups in total. The molecule has 2 aliphatic heterocycles. The fraction of sp³-hybridized carbons (Fsp3) is 0. The largest absolute Gasteiger partial charge is 0.394 e. The van der Waals surface area contributed by atoms with Gasteiger partial charge in [-0.1, -0.05) is 49.6 Å². The number of nitrogens with zero attached hydrogens (tertiary/aromatic N) is 6. The van der Waals surface area contributed by atoms with Crippen molar-refractivity contribution in [3.63, 3.8) is 0 Å². The third kappa shape index (κ3) is 13.5. The summed E-state index contributed by atoms with van der Waals surface area (Å²) in [5.74, 6) is 0. The molecule has 9 heterocycles. The van der Waals surface area contributed by atoms with E-state index in [-0.39, 0.29) is 16.5 Å². The van der Waals surface area contributed by atoms with Crippen LogP contribution in [0.1, 0.15) is 22.8 Å². The fourth-order valence-corrected chi connectivity index (χ4v) is 4.05. The Hall–Kier alpha value is -6.31. The Labute approximate surface area is 295 Å². The first-order valence-corrected chi connectivity index (χ1v) is 14.9. The van der Waals surface area contributed by atoms with E-state index in [9.17, 15) is 0 Å². The SMILES string of the molecule is C1=Cc2cc3ccc(cc4ccc(cc5nc(cc1n2)C=C5)[nH]4)[nH]3.[Ni].[c-]1ccccn1.[c-]1ccccn1.[c-]1ccccn1.[c-]1ccccn1. The molecule has 49 heavy (non-hydrogen) atoms. The van der Waals surface area contributed by atoms with E-state index in [0.717, 1.165) is 44.8 Å². The van der Waals surface area contributed by atoms with E-state index in [4.69, 9.17) is 0 Å². The van der Waals surface area contributed by atoms with E-state index in [1.165, 1.54) is 0 Å². The summed E-state index contributed by atoms with van der Waals surface area (Å²) in [6.07, 6.45) is 25.4. The number of nitrogens with one attached hydrogen (secondary N) is 2. The predicted octanol–water partition coefficient (Wildman–Crippen LogP) is 8.18. The first-order chi connectivity index (χ1) is 23.8. The molecule has 2 aliphatic rings. The zero-order valence-electron chi connectivity index (χ0n) is 26.2. The van der Waals surface area contributed by atoms with Crippen molar-refractivity contribution in [1.82, 2.24) is 39.9 Å². The molecule has 0 aromatic carbocycles. The number of fused-ring (bicyclic) bond motifs is 8. The number of aromatic amines is 2. The normalized spacial score (nSPS) is 10.1. The first-order valence-electron chi connectivity index (χ1n) is 14.9. The van der Waals surface area contributed by atoms with Crippen molar-refractivity contribution in [2.45, 2.75) is 0 Å². The summed E-state index contributed by atoms with van der Waals surface area (Å²) in [6.45, 7) is 0. The van der Waals surface area contributed by atoms with Crippen molar-refractivity contribution in [2.24, 2.45) is 0 Å². The second kappa shape index (κ2) is 20.7. The number of hydrogen-bond acceptors (Lipinski definition) is 6. The van der Waals surface area contributed by atoms with Gasteiger partial charge in [0.05, 0.1) is 22.8 Å². The summed E-state index contributed by atoms with van der Waals surface area (Å²) in [6, 6.07) is 38.4. The predicted molar refractivity (Wildman–Crippen MR) is 191 cm³/mol. The Bertz CT molecular complexity index is 1810. The fourth-order valence-electron chi connectivity index (χ4n) is 4.05. The molecule has 0 atom stereocenters. The van der Waals surface area contributed by atoms with Gasteiger partial charge < -0.3 is 29.9 Å². The Morgan fingerprint density at radius 1 is 0.367 bits per heavy atom. The van der Waals surface area contributed by atoms with Gasteiger partial charge in [-0.25, -0.2) is 9.97 Å². The molecule has 0 spiro atoms. The maximum atomic E-state index is 4.62. The Morgan fingerprint density at radius 3 is 0.918 bits per heavy atom. The van der Waals surface area contributed by atoms with E-state index >= 15 is 0 Å². The second-order valence-corrected chi connectivity index (χ2v) is 9.74. The molecule has 244 valence electrons. The second-order valence-electron chi connectivity index (χ2n) is 9.74. The average Bonchev–Trinajstić information content (AvgIpc) is 4.00. The minimum atomic E-state index is 0. The topological polar surface area (TPSA) is 109 Å². The van der Waals surface area contributed by atoms with Gasteiger partial charge in [-0.3, -0.25) is 0 Å². The van der Waals surface area contributed by atoms with Gasteiger partial charge in [-0.15, -0.1) is 0 Å². The van der Waals surface area contributed by atoms with Crippen molar-refractivity contribution < 1.29 is 16.5 Å². The quantitative estimate of drug-likeness (QED) is 0.124. The van der Waals surface area contributed by atoms with Crippen LogP contribution in [0, 0.1) is 24.8 Å². The maximum Gasteiger partial charge on any atom is 0.0659 e. The maximum absolute atomic E-state index is 4.62. The van der Waals surface area contributed by atoms with Gasteiger partial charge in [0.15, 0.2) is 0 Å². The molecule has 0 saturated carbocycles. The van der Waals surface area contributed by atoms with Gasteiger partial charge >= 0.3 is 0 Å². The zero-order valence-corrected chi connectivity index (χ0v) is 27.2. The molecule has 0 unspecified atom stereocenters. The van der Waals surface area contributed by atoms with E-state index in [1.54, 1.807) is 49.1 Å². The third-order valence-electron chi connectivity index (χ3n) is 6.11. The molecule has 9 rings (SSSR count). The number of hydrogen-bond donors (Lipinski definition) is 2. The van der Waals surface area contributed by atoms with Crippen LogP contribution in [-0.4, -0.2) is 39.9 Å². The molecular weight excluding hydrogens is 651 g/mol. The Kier molecular flexibility index (Phi) is 15.0. The van der Waals surface area contributed by atoms with Crippen molar-refractivity contribution >= 4 is 46.4 Å². The molecule has 9 heteroatoms. The molecule has 8 nitrogen and oxygen atoms in total. The smallest absolute Gasteiger partial charge is 0.0659 e. The summed E-state index contributed by atoms with van der Waals surface area (Å²) < 4.78 is 0. The molecule has 0 aliphatic carbocycles. The van der Waals surface area contributed by atoms with Crippen LogP contribution in [0.4, 0.5) is 0 Å². The van der Waals surface area contributed by atoms with Gasteiger partial charge in [0.2, 0.25) is 0 Å². The van der Waals surface area contributed by atoms with Gasteiger partial charge in [0.25, 0.3) is 0 Å². The van der Waals surface area contributed by atoms with Crippen molar-refractivity contribution in [3.8, 4) is 0 Å². The molecule has 7 aromatic rings. The van der Waals surface area contributed by atoms with Crippen molar-refractivity contribution in [3.05, 3.63) is 194 Å². The molecule has 0 radical (unpaired) electrons. The summed E-state index contributed by atoms with van der Waals surface area (Å²) >= 11 is 0. The van der Waals surface area contributed by atoms with Gasteiger partial charge in [0.1, 0.15) is 0 Å². The van der Waals surface area contributed by atoms with Gasteiger partial charge in [-0.05, 0) is 72.8 Å². The van der Waals surface area contributed by atoms with Crippen LogP contribution in [0.15, 0.2) is 146 Å². The van der Waals surface area contributed by atoms with Crippen LogP contribution in [0.2, 0.25) is 0 Å². The molecular formula is C40H30N8Ni-4. The molecule has 0 amide bonds. The average molecular weight is 681 g/mol. The molecule has 0 saturated heterocycles. The standard InChI is InChI=1S/C20H14N4.4C5H4N.Ni/c1-2-14-10-16-5-6-18(23-16)12-20-8-7-19(24-20)11-17-4-3-15(22-17)9-13(1)21-14;4*1-2-4-6-5-3-1;/h1-12,21-22H;4*1-4H;/q;4*-1;. The van der Waals surface area contributed by atoms with E-state index in [2.05, 4.69) is 95.0 Å². The monoisotopic (exact) mass is 680 g/mol. The van der Waals surface area contributed by atoms with E-state index < -0.39 is 0 Å². The van der Waals surface area contributed by atoms with Crippen LogP contribution in [0.25, 0.3) is 46.4 Å². The minimum absolute atomic E-state index is 0. The minimum Gasteiger partial charge on any atom is -0.394 e. The van der Waals surface area contributed by atoms with E-state index in [0.29, 0.717) is 0 Å². The summed E-state index contributed by atoms with van der Waals surface area (Å²) in [4.78, 5) is 30.7. The zero-order chi connectivity index (χ0) is 32.9. The van der Waals surface area contributed by atoms with Crippen LogP contribution < -0.4 is 0 Å². The number of aromatic nitrogens is 8. The summed E-state index contributed by atoms with van der Waals surface area (Å²) in [5, 5.41) is 0. The van der Waals surface area contributed by atoms with Crippen molar-refractivity contribution in [2.75, 3.05) is 0 Å². The number of pyridine rings is 4. The Morgan fingerprint density at radius 2 is 0.673 bits per heavy atom. The van der Waals surface area contributed by atoms with E-state index in [1.807, 2.05) is 91.0 Å². The van der Waals surface area contributed by atoms with Gasteiger partial charge in [0, 0.05) is 38.6 Å². The van der Waals surface area contributed by atoms with Crippen LogP contribution in [0.3, 0.4) is 0 Å². The number of H-pyrrole nitrogens is 2. The van der Waals surface area contributed by atoms with Crippen molar-refractivity contribution in [1.29, 1.82) is 0 Å². The Balaban J connectivity index is 0.000000175. The molecule has 0 fully saturated rings. The summed E-state index contributed by atoms with van der Waals surface area (Å²) in [5.41, 5.74) is 7.86. The van der Waals surface area contributed by atoms with Crippen LogP contribution in [0.5, 0.6) is 0 Å². The van der Waals surface area contributed by atoms with Crippen LogP contribution in [-0.2, 0) is 16.5 Å². The number of rotatable bonds is 0. The van der Waals surface area contributed by atoms with Crippen LogP contribution >= 0.6 is 0 Å². The molecule has 7 aromatic heterocycles. The first kappa shape index (κ1) is 35.5. The van der Waals surface area contributed by atoms with Gasteiger partial charge in [-0.2, -0.15) is 72.8 Å². The summed E-state index contributed by atoms with van der Waals surface area (Å²) in [7, 11) is 0. The third-order valence-corrected chi connectivity index (χ3v) is 6.11. The molecule has 8 bridgehead atoms.